The van der Waals surface area contributed by atoms with Gasteiger partial charge in [-0.15, -0.1) is 0 Å². The van der Waals surface area contributed by atoms with Gasteiger partial charge in [0.2, 0.25) is 0 Å². The minimum Gasteiger partial charge on any atom is -0.497 e. The van der Waals surface area contributed by atoms with E-state index >= 15 is 0 Å². The highest BCUT2D eigenvalue weighted by molar-refractivity contribution is 7.91. The fourth-order valence-corrected chi connectivity index (χ4v) is 2.88. The minimum atomic E-state index is -3.36. The summed E-state index contributed by atoms with van der Waals surface area (Å²) in [6, 6.07) is 6.43. The van der Waals surface area contributed by atoms with Gasteiger partial charge < -0.3 is 15.2 Å². The van der Waals surface area contributed by atoms with Gasteiger partial charge in [0.05, 0.1) is 24.4 Å². The molecule has 1 rings (SSSR count). The summed E-state index contributed by atoms with van der Waals surface area (Å²) >= 11 is 0. The van der Waals surface area contributed by atoms with Crippen LogP contribution >= 0.6 is 0 Å². The van der Waals surface area contributed by atoms with Crippen molar-refractivity contribution in [3.8, 4) is 5.75 Å². The maximum Gasteiger partial charge on any atom is 0.179 e. The Morgan fingerprint density at radius 1 is 1.40 bits per heavy atom. The molecule has 0 saturated carbocycles. The molecule has 0 fully saturated rings. The van der Waals surface area contributed by atoms with Gasteiger partial charge >= 0.3 is 0 Å². The molecule has 6 heteroatoms. The lowest BCUT2D eigenvalue weighted by Crippen LogP contribution is -2.46. The number of ether oxygens (including phenoxy) is 1. The van der Waals surface area contributed by atoms with E-state index in [9.17, 15) is 13.5 Å². The van der Waals surface area contributed by atoms with Crippen molar-refractivity contribution >= 4 is 9.84 Å². The van der Waals surface area contributed by atoms with Gasteiger partial charge in [0, 0.05) is 12.1 Å². The average Bonchev–Trinajstić information content (AvgIpc) is 2.47. The number of aliphatic hydroxyl groups is 1. The molecule has 0 saturated heterocycles. The second kappa shape index (κ2) is 7.06. The number of hydrogen-bond acceptors (Lipinski definition) is 5. The molecule has 114 valence electrons. The van der Waals surface area contributed by atoms with Crippen molar-refractivity contribution in [3.63, 3.8) is 0 Å². The lowest BCUT2D eigenvalue weighted by Gasteiger charge is -2.27. The summed E-state index contributed by atoms with van der Waals surface area (Å²) < 4.78 is 29.4. The SMILES string of the molecule is CC[C@](C)(CO)NCCS(=O)(=O)c1cccc(OC)c1. The molecule has 2 N–H and O–H groups in total. The number of rotatable bonds is 8. The molecular formula is C14H23NO4S. The average molecular weight is 301 g/mol. The fraction of sp³-hybridized carbons (Fsp3) is 0.571. The topological polar surface area (TPSA) is 75.6 Å². The maximum absolute atomic E-state index is 12.2. The van der Waals surface area contributed by atoms with E-state index in [1.165, 1.54) is 13.2 Å². The van der Waals surface area contributed by atoms with Crippen LogP contribution in [0.3, 0.4) is 0 Å². The first-order valence-electron chi connectivity index (χ1n) is 6.59. The molecule has 1 atom stereocenters. The van der Waals surface area contributed by atoms with Crippen LogP contribution in [-0.4, -0.2) is 45.1 Å². The van der Waals surface area contributed by atoms with E-state index in [1.807, 2.05) is 13.8 Å². The molecule has 0 bridgehead atoms. The Balaban J connectivity index is 2.71. The zero-order chi connectivity index (χ0) is 15.2. The summed E-state index contributed by atoms with van der Waals surface area (Å²) in [5.41, 5.74) is -0.441. The number of nitrogens with one attached hydrogen (secondary N) is 1. The van der Waals surface area contributed by atoms with Crippen LogP contribution in [0, 0.1) is 0 Å². The second-order valence-corrected chi connectivity index (χ2v) is 7.11. The smallest absolute Gasteiger partial charge is 0.179 e. The summed E-state index contributed by atoms with van der Waals surface area (Å²) in [5.74, 6) is 0.503. The van der Waals surface area contributed by atoms with E-state index < -0.39 is 15.4 Å². The standard InChI is InChI=1S/C14H23NO4S/c1-4-14(2,11-16)15-8-9-20(17,18)13-7-5-6-12(10-13)19-3/h5-7,10,15-16H,4,8-9,11H2,1-3H3/t14-/m1/s1. The van der Waals surface area contributed by atoms with Crippen molar-refractivity contribution in [1.82, 2.24) is 5.32 Å². The molecule has 0 aliphatic heterocycles. The van der Waals surface area contributed by atoms with Crippen molar-refractivity contribution in [2.45, 2.75) is 30.7 Å². The van der Waals surface area contributed by atoms with Crippen LogP contribution in [-0.2, 0) is 9.84 Å². The molecule has 0 amide bonds. The van der Waals surface area contributed by atoms with E-state index in [4.69, 9.17) is 4.74 Å². The highest BCUT2D eigenvalue weighted by atomic mass is 32.2. The van der Waals surface area contributed by atoms with Crippen LogP contribution in [0.4, 0.5) is 0 Å². The predicted octanol–water partition coefficient (Wildman–Crippen LogP) is 1.22. The lowest BCUT2D eigenvalue weighted by atomic mass is 10.0. The molecule has 20 heavy (non-hydrogen) atoms. The molecule has 0 heterocycles. The number of hydrogen-bond donors (Lipinski definition) is 2. The van der Waals surface area contributed by atoms with Crippen LogP contribution < -0.4 is 10.1 Å². The molecule has 1 aromatic carbocycles. The van der Waals surface area contributed by atoms with Gasteiger partial charge in [0.15, 0.2) is 9.84 Å². The van der Waals surface area contributed by atoms with Crippen LogP contribution in [0.25, 0.3) is 0 Å². The molecule has 0 aliphatic rings. The first-order chi connectivity index (χ1) is 9.37. The summed E-state index contributed by atoms with van der Waals surface area (Å²) in [5, 5.41) is 12.4. The van der Waals surface area contributed by atoms with Gasteiger partial charge in [-0.2, -0.15) is 0 Å². The lowest BCUT2D eigenvalue weighted by molar-refractivity contribution is 0.172. The summed E-state index contributed by atoms with van der Waals surface area (Å²) in [6.07, 6.45) is 0.725. The van der Waals surface area contributed by atoms with Crippen molar-refractivity contribution in [2.24, 2.45) is 0 Å². The maximum atomic E-state index is 12.2. The Bertz CT molecular complexity index is 524. The highest BCUT2D eigenvalue weighted by Gasteiger charge is 2.22. The number of benzene rings is 1. The highest BCUT2D eigenvalue weighted by Crippen LogP contribution is 2.18. The summed E-state index contributed by atoms with van der Waals surface area (Å²) in [6.45, 7) is 4.08. The number of aliphatic hydroxyl groups excluding tert-OH is 1. The summed E-state index contributed by atoms with van der Waals surface area (Å²) in [7, 11) is -1.85. The predicted molar refractivity (Wildman–Crippen MR) is 78.8 cm³/mol. The van der Waals surface area contributed by atoms with Crippen LogP contribution in [0.5, 0.6) is 5.75 Å². The Morgan fingerprint density at radius 2 is 2.10 bits per heavy atom. The monoisotopic (exact) mass is 301 g/mol. The Kier molecular flexibility index (Phi) is 5.98. The normalized spacial score (nSPS) is 14.8. The van der Waals surface area contributed by atoms with Crippen LogP contribution in [0.15, 0.2) is 29.2 Å². The van der Waals surface area contributed by atoms with E-state index in [1.54, 1.807) is 18.2 Å². The molecule has 5 nitrogen and oxygen atoms in total. The van der Waals surface area contributed by atoms with E-state index in [0.29, 0.717) is 12.3 Å². The molecule has 0 radical (unpaired) electrons. The number of methoxy groups -OCH3 is 1. The van der Waals surface area contributed by atoms with Crippen molar-refractivity contribution in [1.29, 1.82) is 0 Å². The van der Waals surface area contributed by atoms with E-state index in [-0.39, 0.29) is 17.3 Å². The van der Waals surface area contributed by atoms with Crippen molar-refractivity contribution in [3.05, 3.63) is 24.3 Å². The summed E-state index contributed by atoms with van der Waals surface area (Å²) in [4.78, 5) is 0.251. The van der Waals surface area contributed by atoms with E-state index in [0.717, 1.165) is 6.42 Å². The van der Waals surface area contributed by atoms with Gasteiger partial charge in [0.1, 0.15) is 5.75 Å². The molecule has 0 unspecified atom stereocenters. The first-order valence-corrected chi connectivity index (χ1v) is 8.25. The van der Waals surface area contributed by atoms with Crippen LogP contribution in [0.2, 0.25) is 0 Å². The van der Waals surface area contributed by atoms with Gasteiger partial charge in [0.25, 0.3) is 0 Å². The van der Waals surface area contributed by atoms with Gasteiger partial charge in [-0.1, -0.05) is 13.0 Å². The third kappa shape index (κ3) is 4.47. The van der Waals surface area contributed by atoms with Gasteiger partial charge in [-0.25, -0.2) is 8.42 Å². The third-order valence-electron chi connectivity index (χ3n) is 3.45. The zero-order valence-electron chi connectivity index (χ0n) is 12.2. The fourth-order valence-electron chi connectivity index (χ4n) is 1.69. The Labute approximate surface area is 120 Å². The molecule has 0 spiro atoms. The third-order valence-corrected chi connectivity index (χ3v) is 5.17. The van der Waals surface area contributed by atoms with E-state index in [2.05, 4.69) is 5.32 Å². The largest absolute Gasteiger partial charge is 0.497 e. The second-order valence-electron chi connectivity index (χ2n) is 5.00. The van der Waals surface area contributed by atoms with Crippen molar-refractivity contribution < 1.29 is 18.3 Å². The van der Waals surface area contributed by atoms with Crippen LogP contribution in [0.1, 0.15) is 20.3 Å². The van der Waals surface area contributed by atoms with Gasteiger partial charge in [-0.3, -0.25) is 0 Å². The molecule has 0 aliphatic carbocycles. The zero-order valence-corrected chi connectivity index (χ0v) is 13.0. The first kappa shape index (κ1) is 16.9. The van der Waals surface area contributed by atoms with Crippen molar-refractivity contribution in [2.75, 3.05) is 26.0 Å². The Hall–Kier alpha value is -1.11. The van der Waals surface area contributed by atoms with Gasteiger partial charge in [-0.05, 0) is 31.5 Å². The molecule has 1 aromatic rings. The minimum absolute atomic E-state index is 0.0181. The Morgan fingerprint density at radius 3 is 2.65 bits per heavy atom. The quantitative estimate of drug-likeness (QED) is 0.755. The number of sulfone groups is 1. The molecular weight excluding hydrogens is 278 g/mol. The molecule has 0 aromatic heterocycles.